The van der Waals surface area contributed by atoms with Crippen LogP contribution in [0.5, 0.6) is 5.75 Å². The molecule has 0 unspecified atom stereocenters. The number of aryl methyl sites for hydroxylation is 1. The first-order valence-corrected chi connectivity index (χ1v) is 12.8. The standard InChI is InChI=1S/C24H28N4O4S2/c1-15-25-18-5-4-16(32-3)12-17(18)23(26-15)33-13-19(30)20-6-7-21(34-20)22(31)27-24(14-29)8-10-28(2)11-9-24/h4-7,12,29H,8-11,13-14H2,1-3H3,(H,27,31). The van der Waals surface area contributed by atoms with Gasteiger partial charge in [-0.1, -0.05) is 11.8 Å². The predicted octanol–water partition coefficient (Wildman–Crippen LogP) is 3.17. The van der Waals surface area contributed by atoms with Crippen LogP contribution >= 0.6 is 23.1 Å². The number of rotatable bonds is 8. The quantitative estimate of drug-likeness (QED) is 0.276. The van der Waals surface area contributed by atoms with Crippen molar-refractivity contribution in [2.75, 3.05) is 39.6 Å². The number of thioether (sulfide) groups is 1. The minimum atomic E-state index is -0.611. The molecule has 1 aliphatic heterocycles. The van der Waals surface area contributed by atoms with E-state index in [1.54, 1.807) is 19.2 Å². The maximum absolute atomic E-state index is 12.9. The first-order chi connectivity index (χ1) is 16.3. The number of carbonyl (C=O) groups excluding carboxylic acids is 2. The van der Waals surface area contributed by atoms with E-state index >= 15 is 0 Å². The number of piperidine rings is 1. The molecule has 0 bridgehead atoms. The molecule has 2 aromatic heterocycles. The zero-order chi connectivity index (χ0) is 24.3. The van der Waals surface area contributed by atoms with Crippen molar-refractivity contribution in [1.82, 2.24) is 20.2 Å². The number of carbonyl (C=O) groups is 2. The van der Waals surface area contributed by atoms with Gasteiger partial charge in [-0.3, -0.25) is 9.59 Å². The average Bonchev–Trinajstić information content (AvgIpc) is 3.34. The van der Waals surface area contributed by atoms with E-state index in [0.29, 0.717) is 34.2 Å². The maximum Gasteiger partial charge on any atom is 0.261 e. The van der Waals surface area contributed by atoms with Crippen LogP contribution < -0.4 is 10.1 Å². The SMILES string of the molecule is COc1ccc2nc(C)nc(SCC(=O)c3ccc(C(=O)NC4(CO)CCN(C)CC4)s3)c2c1. The summed E-state index contributed by atoms with van der Waals surface area (Å²) in [4.78, 5) is 37.9. The molecule has 1 aromatic carbocycles. The van der Waals surface area contributed by atoms with Crippen molar-refractivity contribution in [3.05, 3.63) is 45.9 Å². The van der Waals surface area contributed by atoms with E-state index in [1.807, 2.05) is 32.2 Å². The Balaban J connectivity index is 1.43. The third-order valence-electron chi connectivity index (χ3n) is 6.05. The molecule has 0 radical (unpaired) electrons. The van der Waals surface area contributed by atoms with Gasteiger partial charge < -0.3 is 20.1 Å². The molecule has 0 saturated carbocycles. The lowest BCUT2D eigenvalue weighted by Gasteiger charge is -2.39. The van der Waals surface area contributed by atoms with Crippen molar-refractivity contribution in [3.8, 4) is 5.75 Å². The van der Waals surface area contributed by atoms with Crippen molar-refractivity contribution in [2.45, 2.75) is 30.3 Å². The van der Waals surface area contributed by atoms with Gasteiger partial charge in [-0.05, 0) is 57.1 Å². The van der Waals surface area contributed by atoms with Gasteiger partial charge in [0.05, 0.1) is 40.3 Å². The molecule has 1 aliphatic rings. The highest BCUT2D eigenvalue weighted by atomic mass is 32.2. The maximum atomic E-state index is 12.9. The number of ether oxygens (including phenoxy) is 1. The fourth-order valence-electron chi connectivity index (χ4n) is 3.91. The molecule has 3 heterocycles. The minimum absolute atomic E-state index is 0.0717. The summed E-state index contributed by atoms with van der Waals surface area (Å²) in [6, 6.07) is 8.96. The number of benzene rings is 1. The molecular weight excluding hydrogens is 472 g/mol. The van der Waals surface area contributed by atoms with Gasteiger partial charge in [-0.2, -0.15) is 0 Å². The molecule has 3 aromatic rings. The number of aliphatic hydroxyl groups is 1. The second kappa shape index (κ2) is 10.4. The van der Waals surface area contributed by atoms with E-state index in [1.165, 1.54) is 23.1 Å². The molecule has 0 atom stereocenters. The number of aromatic nitrogens is 2. The third kappa shape index (κ3) is 5.41. The van der Waals surface area contributed by atoms with E-state index in [-0.39, 0.29) is 24.1 Å². The first-order valence-electron chi connectivity index (χ1n) is 11.0. The van der Waals surface area contributed by atoms with Crippen LogP contribution in [0.15, 0.2) is 35.4 Å². The molecule has 10 heteroatoms. The fraction of sp³-hybridized carbons (Fsp3) is 0.417. The smallest absolute Gasteiger partial charge is 0.261 e. The molecule has 1 saturated heterocycles. The first kappa shape index (κ1) is 24.6. The number of nitrogens with one attached hydrogen (secondary N) is 1. The van der Waals surface area contributed by atoms with Gasteiger partial charge in [-0.25, -0.2) is 9.97 Å². The molecule has 8 nitrogen and oxygen atoms in total. The number of hydrogen-bond acceptors (Lipinski definition) is 9. The molecule has 34 heavy (non-hydrogen) atoms. The van der Waals surface area contributed by atoms with Crippen LogP contribution in [0.2, 0.25) is 0 Å². The summed E-state index contributed by atoms with van der Waals surface area (Å²) in [5.74, 6) is 1.20. The van der Waals surface area contributed by atoms with Gasteiger partial charge in [0.15, 0.2) is 5.78 Å². The van der Waals surface area contributed by atoms with Crippen LogP contribution in [0.25, 0.3) is 10.9 Å². The molecule has 4 rings (SSSR count). The van der Waals surface area contributed by atoms with Crippen LogP contribution in [-0.2, 0) is 0 Å². The van der Waals surface area contributed by atoms with Crippen LogP contribution in [0.1, 0.15) is 38.0 Å². The van der Waals surface area contributed by atoms with E-state index in [2.05, 4.69) is 20.2 Å². The lowest BCUT2D eigenvalue weighted by atomic mass is 9.88. The fourth-order valence-corrected chi connectivity index (χ4v) is 5.78. The van der Waals surface area contributed by atoms with Crippen molar-refractivity contribution < 1.29 is 19.4 Å². The number of fused-ring (bicyclic) bond motifs is 1. The average molecular weight is 501 g/mol. The predicted molar refractivity (Wildman–Crippen MR) is 134 cm³/mol. The summed E-state index contributed by atoms with van der Waals surface area (Å²) < 4.78 is 5.32. The van der Waals surface area contributed by atoms with Crippen LogP contribution in [0.4, 0.5) is 0 Å². The molecule has 0 spiro atoms. The van der Waals surface area contributed by atoms with Crippen molar-refractivity contribution in [3.63, 3.8) is 0 Å². The van der Waals surface area contributed by atoms with Crippen molar-refractivity contribution in [2.24, 2.45) is 0 Å². The zero-order valence-corrected chi connectivity index (χ0v) is 21.1. The monoisotopic (exact) mass is 500 g/mol. The van der Waals surface area contributed by atoms with E-state index in [9.17, 15) is 14.7 Å². The molecular formula is C24H28N4O4S2. The summed E-state index contributed by atoms with van der Waals surface area (Å²) in [5.41, 5.74) is 0.186. The van der Waals surface area contributed by atoms with Crippen molar-refractivity contribution >= 4 is 45.7 Å². The summed E-state index contributed by atoms with van der Waals surface area (Å²) in [5, 5.41) is 14.5. The van der Waals surface area contributed by atoms with Crippen LogP contribution in [-0.4, -0.2) is 76.8 Å². The van der Waals surface area contributed by atoms with Crippen LogP contribution in [0, 0.1) is 6.92 Å². The number of likely N-dealkylation sites (tertiary alicyclic amines) is 1. The summed E-state index contributed by atoms with van der Waals surface area (Å²) in [6.07, 6.45) is 1.38. The van der Waals surface area contributed by atoms with Gasteiger partial charge in [0.1, 0.15) is 16.6 Å². The summed E-state index contributed by atoms with van der Waals surface area (Å²) in [7, 11) is 3.63. The number of thiophene rings is 1. The van der Waals surface area contributed by atoms with Gasteiger partial charge in [0.2, 0.25) is 0 Å². The number of ketones is 1. The molecule has 1 amide bonds. The molecule has 180 valence electrons. The summed E-state index contributed by atoms with van der Waals surface area (Å²) in [6.45, 7) is 3.35. The van der Waals surface area contributed by atoms with Gasteiger partial charge in [-0.15, -0.1) is 11.3 Å². The number of aliphatic hydroxyl groups excluding tert-OH is 1. The Hall–Kier alpha value is -2.53. The Labute approximate surface area is 206 Å². The molecule has 1 fully saturated rings. The summed E-state index contributed by atoms with van der Waals surface area (Å²) >= 11 is 2.52. The van der Waals surface area contributed by atoms with E-state index in [0.717, 1.165) is 29.0 Å². The molecule has 0 aliphatic carbocycles. The second-order valence-corrected chi connectivity index (χ2v) is 10.6. The second-order valence-electron chi connectivity index (χ2n) is 8.53. The van der Waals surface area contributed by atoms with E-state index in [4.69, 9.17) is 4.74 Å². The highest BCUT2D eigenvalue weighted by Gasteiger charge is 2.35. The Morgan fingerprint density at radius 2 is 1.94 bits per heavy atom. The highest BCUT2D eigenvalue weighted by Crippen LogP contribution is 2.30. The number of Topliss-reactive ketones (excluding diaryl/α,β-unsaturated/α-hetero) is 1. The number of nitrogens with zero attached hydrogens (tertiary/aromatic N) is 3. The minimum Gasteiger partial charge on any atom is -0.497 e. The number of hydrogen-bond donors (Lipinski definition) is 2. The Bertz CT molecular complexity index is 1200. The highest BCUT2D eigenvalue weighted by molar-refractivity contribution is 8.00. The lowest BCUT2D eigenvalue weighted by Crippen LogP contribution is -2.56. The largest absolute Gasteiger partial charge is 0.497 e. The Kier molecular flexibility index (Phi) is 7.51. The van der Waals surface area contributed by atoms with Crippen molar-refractivity contribution in [1.29, 1.82) is 0 Å². The lowest BCUT2D eigenvalue weighted by molar-refractivity contribution is 0.0666. The topological polar surface area (TPSA) is 105 Å². The van der Waals surface area contributed by atoms with E-state index < -0.39 is 5.54 Å². The van der Waals surface area contributed by atoms with Crippen LogP contribution in [0.3, 0.4) is 0 Å². The number of amides is 1. The Morgan fingerprint density at radius 1 is 1.21 bits per heavy atom. The van der Waals surface area contributed by atoms with Gasteiger partial charge >= 0.3 is 0 Å². The van der Waals surface area contributed by atoms with Gasteiger partial charge in [0, 0.05) is 18.5 Å². The molecule has 2 N–H and O–H groups in total. The Morgan fingerprint density at radius 3 is 2.65 bits per heavy atom. The third-order valence-corrected chi connectivity index (χ3v) is 8.17. The van der Waals surface area contributed by atoms with Gasteiger partial charge in [0.25, 0.3) is 5.91 Å². The number of methoxy groups -OCH3 is 1. The normalized spacial score (nSPS) is 15.9. The zero-order valence-electron chi connectivity index (χ0n) is 19.5.